The molecule has 0 saturated carbocycles. The largest absolute Gasteiger partial charge is 0.384 e. The van der Waals surface area contributed by atoms with Crippen molar-refractivity contribution in [2.24, 2.45) is 0 Å². The van der Waals surface area contributed by atoms with E-state index in [1.165, 1.54) is 12.1 Å². The van der Waals surface area contributed by atoms with Gasteiger partial charge in [0.15, 0.2) is 0 Å². The molecule has 0 amide bonds. The average molecular weight is 281 g/mol. The van der Waals surface area contributed by atoms with Gasteiger partial charge in [-0.1, -0.05) is 18.2 Å². The molecule has 5 nitrogen and oxygen atoms in total. The molecule has 0 bridgehead atoms. The van der Waals surface area contributed by atoms with E-state index in [2.05, 4.69) is 11.4 Å². The minimum absolute atomic E-state index is 0.0946. The van der Waals surface area contributed by atoms with Gasteiger partial charge >= 0.3 is 0 Å². The third-order valence-electron chi connectivity index (χ3n) is 3.17. The SMILES string of the molecule is Cc1ccc(C#N)c(NCCc2ccc([N+](=O)[O-])cc2)c1. The summed E-state index contributed by atoms with van der Waals surface area (Å²) in [6, 6.07) is 14.3. The van der Waals surface area contributed by atoms with E-state index >= 15 is 0 Å². The van der Waals surface area contributed by atoms with Crippen molar-refractivity contribution in [1.82, 2.24) is 0 Å². The van der Waals surface area contributed by atoms with Gasteiger partial charge in [0.1, 0.15) is 6.07 Å². The predicted molar refractivity (Wildman–Crippen MR) is 81.2 cm³/mol. The second-order valence-corrected chi connectivity index (χ2v) is 4.76. The minimum atomic E-state index is -0.409. The first-order chi connectivity index (χ1) is 10.1. The highest BCUT2D eigenvalue weighted by Gasteiger charge is 2.05. The smallest absolute Gasteiger partial charge is 0.269 e. The first-order valence-electron chi connectivity index (χ1n) is 6.58. The Morgan fingerprint density at radius 1 is 1.24 bits per heavy atom. The van der Waals surface area contributed by atoms with Gasteiger partial charge in [-0.15, -0.1) is 0 Å². The molecule has 1 N–H and O–H groups in total. The molecule has 0 spiro atoms. The Balaban J connectivity index is 1.97. The zero-order valence-corrected chi connectivity index (χ0v) is 11.7. The van der Waals surface area contributed by atoms with Crippen LogP contribution in [0, 0.1) is 28.4 Å². The molecule has 2 rings (SSSR count). The average Bonchev–Trinajstić information content (AvgIpc) is 2.48. The van der Waals surface area contributed by atoms with E-state index in [1.54, 1.807) is 18.2 Å². The van der Waals surface area contributed by atoms with Crippen LogP contribution in [0.25, 0.3) is 0 Å². The van der Waals surface area contributed by atoms with E-state index < -0.39 is 4.92 Å². The highest BCUT2D eigenvalue weighted by atomic mass is 16.6. The van der Waals surface area contributed by atoms with Crippen molar-refractivity contribution < 1.29 is 4.92 Å². The summed E-state index contributed by atoms with van der Waals surface area (Å²) in [5.74, 6) is 0. The first-order valence-corrected chi connectivity index (χ1v) is 6.58. The fourth-order valence-corrected chi connectivity index (χ4v) is 2.03. The van der Waals surface area contributed by atoms with Crippen LogP contribution in [0.15, 0.2) is 42.5 Å². The quantitative estimate of drug-likeness (QED) is 0.672. The van der Waals surface area contributed by atoms with Crippen LogP contribution in [0.3, 0.4) is 0 Å². The fourth-order valence-electron chi connectivity index (χ4n) is 2.03. The van der Waals surface area contributed by atoms with E-state index in [0.717, 1.165) is 23.2 Å². The van der Waals surface area contributed by atoms with E-state index in [-0.39, 0.29) is 5.69 Å². The van der Waals surface area contributed by atoms with Crippen LogP contribution in [-0.2, 0) is 6.42 Å². The van der Waals surface area contributed by atoms with Gasteiger partial charge in [-0.3, -0.25) is 10.1 Å². The van der Waals surface area contributed by atoms with Crippen molar-refractivity contribution in [3.05, 3.63) is 69.3 Å². The molecule has 0 aliphatic carbocycles. The number of hydrogen-bond acceptors (Lipinski definition) is 4. The maximum absolute atomic E-state index is 10.6. The van der Waals surface area contributed by atoms with E-state index in [0.29, 0.717) is 12.1 Å². The maximum atomic E-state index is 10.6. The van der Waals surface area contributed by atoms with Gasteiger partial charge in [0.25, 0.3) is 5.69 Å². The maximum Gasteiger partial charge on any atom is 0.269 e. The molecule has 0 radical (unpaired) electrons. The summed E-state index contributed by atoms with van der Waals surface area (Å²) in [7, 11) is 0. The second kappa shape index (κ2) is 6.53. The number of aryl methyl sites for hydroxylation is 1. The van der Waals surface area contributed by atoms with Gasteiger partial charge in [0.05, 0.1) is 16.2 Å². The zero-order chi connectivity index (χ0) is 15.2. The summed E-state index contributed by atoms with van der Waals surface area (Å²) in [6.45, 7) is 2.64. The summed E-state index contributed by atoms with van der Waals surface area (Å²) in [4.78, 5) is 10.2. The molecule has 106 valence electrons. The van der Waals surface area contributed by atoms with Gasteiger partial charge in [0, 0.05) is 18.7 Å². The minimum Gasteiger partial charge on any atom is -0.384 e. The molecule has 2 aromatic carbocycles. The van der Waals surface area contributed by atoms with Crippen molar-refractivity contribution >= 4 is 11.4 Å². The lowest BCUT2D eigenvalue weighted by molar-refractivity contribution is -0.384. The Bertz CT molecular complexity index is 688. The van der Waals surface area contributed by atoms with Crippen LogP contribution in [-0.4, -0.2) is 11.5 Å². The highest BCUT2D eigenvalue weighted by molar-refractivity contribution is 5.58. The number of nitro groups is 1. The lowest BCUT2D eigenvalue weighted by atomic mass is 10.1. The third-order valence-corrected chi connectivity index (χ3v) is 3.17. The summed E-state index contributed by atoms with van der Waals surface area (Å²) in [5.41, 5.74) is 3.63. The number of nitrogens with one attached hydrogen (secondary N) is 1. The number of rotatable bonds is 5. The van der Waals surface area contributed by atoms with Crippen molar-refractivity contribution in [3.63, 3.8) is 0 Å². The third kappa shape index (κ3) is 3.80. The number of nitrogens with zero attached hydrogens (tertiary/aromatic N) is 2. The number of nitriles is 1. The summed E-state index contributed by atoms with van der Waals surface area (Å²) in [5, 5.41) is 22.9. The summed E-state index contributed by atoms with van der Waals surface area (Å²) in [6.07, 6.45) is 0.733. The fraction of sp³-hybridized carbons (Fsp3) is 0.188. The number of non-ortho nitro benzene ring substituents is 1. The number of anilines is 1. The molecule has 0 heterocycles. The highest BCUT2D eigenvalue weighted by Crippen LogP contribution is 2.17. The number of hydrogen-bond donors (Lipinski definition) is 1. The molecule has 0 aliphatic heterocycles. The van der Waals surface area contributed by atoms with E-state index in [1.807, 2.05) is 19.1 Å². The Hall–Kier alpha value is -2.87. The van der Waals surface area contributed by atoms with Crippen LogP contribution >= 0.6 is 0 Å². The topological polar surface area (TPSA) is 79.0 Å². The molecular weight excluding hydrogens is 266 g/mol. The normalized spacial score (nSPS) is 9.90. The standard InChI is InChI=1S/C16H15N3O2/c1-12-2-5-14(11-17)16(10-12)18-9-8-13-3-6-15(7-4-13)19(20)21/h2-7,10,18H,8-9H2,1H3. The molecule has 0 fully saturated rings. The number of benzene rings is 2. The van der Waals surface area contributed by atoms with Gasteiger partial charge in [-0.05, 0) is 36.6 Å². The van der Waals surface area contributed by atoms with Crippen LogP contribution in [0.4, 0.5) is 11.4 Å². The molecule has 0 unspecified atom stereocenters. The summed E-state index contributed by atoms with van der Waals surface area (Å²) >= 11 is 0. The lowest BCUT2D eigenvalue weighted by Crippen LogP contribution is -2.06. The Morgan fingerprint density at radius 3 is 2.57 bits per heavy atom. The van der Waals surface area contributed by atoms with Crippen molar-refractivity contribution in [1.29, 1.82) is 5.26 Å². The van der Waals surface area contributed by atoms with Crippen molar-refractivity contribution in [2.45, 2.75) is 13.3 Å². The Morgan fingerprint density at radius 2 is 1.95 bits per heavy atom. The van der Waals surface area contributed by atoms with Crippen LogP contribution in [0.1, 0.15) is 16.7 Å². The molecule has 5 heteroatoms. The zero-order valence-electron chi connectivity index (χ0n) is 11.7. The molecule has 0 atom stereocenters. The van der Waals surface area contributed by atoms with Gasteiger partial charge < -0.3 is 5.32 Å². The van der Waals surface area contributed by atoms with Crippen LogP contribution in [0.2, 0.25) is 0 Å². The Labute approximate surface area is 123 Å². The molecule has 21 heavy (non-hydrogen) atoms. The van der Waals surface area contributed by atoms with Gasteiger partial charge in [-0.2, -0.15) is 5.26 Å². The van der Waals surface area contributed by atoms with Crippen LogP contribution in [0.5, 0.6) is 0 Å². The van der Waals surface area contributed by atoms with Gasteiger partial charge in [-0.25, -0.2) is 0 Å². The number of nitro benzene ring substituents is 1. The first kappa shape index (κ1) is 14.5. The van der Waals surface area contributed by atoms with E-state index in [9.17, 15) is 10.1 Å². The monoisotopic (exact) mass is 281 g/mol. The molecule has 0 saturated heterocycles. The molecule has 0 aliphatic rings. The summed E-state index contributed by atoms with van der Waals surface area (Å²) < 4.78 is 0. The van der Waals surface area contributed by atoms with Crippen LogP contribution < -0.4 is 5.32 Å². The van der Waals surface area contributed by atoms with Gasteiger partial charge in [0.2, 0.25) is 0 Å². The van der Waals surface area contributed by atoms with Crippen molar-refractivity contribution in [3.8, 4) is 6.07 Å². The lowest BCUT2D eigenvalue weighted by Gasteiger charge is -2.09. The predicted octanol–water partition coefficient (Wildman–Crippen LogP) is 3.43. The van der Waals surface area contributed by atoms with E-state index in [4.69, 9.17) is 5.26 Å². The van der Waals surface area contributed by atoms with Crippen molar-refractivity contribution in [2.75, 3.05) is 11.9 Å². The molecular formula is C16H15N3O2. The molecule has 2 aromatic rings. The Kier molecular flexibility index (Phi) is 4.52. The molecule has 0 aromatic heterocycles. The second-order valence-electron chi connectivity index (χ2n) is 4.76.